The molecule has 0 bridgehead atoms. The van der Waals surface area contributed by atoms with Gasteiger partial charge in [0.1, 0.15) is 12.2 Å². The van der Waals surface area contributed by atoms with Crippen molar-refractivity contribution in [2.24, 2.45) is 0 Å². The van der Waals surface area contributed by atoms with Gasteiger partial charge < -0.3 is 19.9 Å². The highest BCUT2D eigenvalue weighted by molar-refractivity contribution is 5.73. The molecule has 2 N–H and O–H groups in total. The molecule has 1 amide bonds. The molecule has 0 spiro atoms. The van der Waals surface area contributed by atoms with Crippen LogP contribution < -0.4 is 14.8 Å². The van der Waals surface area contributed by atoms with Crippen molar-refractivity contribution in [3.63, 3.8) is 0 Å². The first-order valence-corrected chi connectivity index (χ1v) is 6.36. The highest BCUT2D eigenvalue weighted by Crippen LogP contribution is 2.31. The van der Waals surface area contributed by atoms with Crippen molar-refractivity contribution in [1.29, 1.82) is 0 Å². The van der Waals surface area contributed by atoms with Crippen LogP contribution >= 0.6 is 0 Å². The van der Waals surface area contributed by atoms with Crippen molar-refractivity contribution in [1.82, 2.24) is 5.32 Å². The zero-order chi connectivity index (χ0) is 13.8. The van der Waals surface area contributed by atoms with Gasteiger partial charge in [-0.15, -0.1) is 0 Å². The van der Waals surface area contributed by atoms with Crippen molar-refractivity contribution in [2.75, 3.05) is 7.11 Å². The molecule has 1 aromatic rings. The van der Waals surface area contributed by atoms with Gasteiger partial charge in [0.15, 0.2) is 11.5 Å². The largest absolute Gasteiger partial charge is 0.493 e. The summed E-state index contributed by atoms with van der Waals surface area (Å²) >= 11 is 0. The maximum absolute atomic E-state index is 11.0. The summed E-state index contributed by atoms with van der Waals surface area (Å²) < 4.78 is 11.0. The van der Waals surface area contributed by atoms with Gasteiger partial charge in [-0.25, -0.2) is 0 Å². The Morgan fingerprint density at radius 2 is 2.00 bits per heavy atom. The minimum Gasteiger partial charge on any atom is -0.493 e. The monoisotopic (exact) mass is 265 g/mol. The van der Waals surface area contributed by atoms with E-state index in [-0.39, 0.29) is 18.1 Å². The molecular weight excluding hydrogens is 246 g/mol. The van der Waals surface area contributed by atoms with E-state index in [4.69, 9.17) is 9.47 Å². The standard InChI is InChI=1S/C14H19NO4/c1-9(16)15-10-7-8-13(14(10)17)19-12-6-4-3-5-11(12)18-2/h3-6,10,13-14,17H,7-8H2,1-2H3,(H,15,16)/t10-,13-,14-/m1/s1. The summed E-state index contributed by atoms with van der Waals surface area (Å²) in [4.78, 5) is 11.0. The zero-order valence-corrected chi connectivity index (χ0v) is 11.1. The van der Waals surface area contributed by atoms with Crippen molar-refractivity contribution in [3.05, 3.63) is 24.3 Å². The molecule has 0 radical (unpaired) electrons. The summed E-state index contributed by atoms with van der Waals surface area (Å²) in [6.07, 6.45) is 0.382. The normalized spacial score (nSPS) is 25.9. The molecule has 1 fully saturated rings. The van der Waals surface area contributed by atoms with E-state index < -0.39 is 6.10 Å². The summed E-state index contributed by atoms with van der Waals surface area (Å²) in [5, 5.41) is 12.9. The number of ether oxygens (including phenoxy) is 2. The van der Waals surface area contributed by atoms with E-state index in [1.807, 2.05) is 18.2 Å². The molecule has 19 heavy (non-hydrogen) atoms. The molecule has 1 saturated carbocycles. The molecule has 1 aromatic carbocycles. The third-order valence-electron chi connectivity index (χ3n) is 3.29. The molecule has 1 aliphatic rings. The highest BCUT2D eigenvalue weighted by atomic mass is 16.5. The van der Waals surface area contributed by atoms with Crippen LogP contribution in [0, 0.1) is 0 Å². The van der Waals surface area contributed by atoms with E-state index >= 15 is 0 Å². The average Bonchev–Trinajstić information content (AvgIpc) is 2.72. The predicted octanol–water partition coefficient (Wildman–Crippen LogP) is 1.10. The lowest BCUT2D eigenvalue weighted by atomic mass is 10.2. The highest BCUT2D eigenvalue weighted by Gasteiger charge is 2.37. The summed E-state index contributed by atoms with van der Waals surface area (Å²) in [6, 6.07) is 7.08. The topological polar surface area (TPSA) is 67.8 Å². The van der Waals surface area contributed by atoms with Gasteiger partial charge in [-0.05, 0) is 25.0 Å². The molecule has 0 aliphatic heterocycles. The molecule has 2 rings (SSSR count). The molecule has 0 unspecified atom stereocenters. The van der Waals surface area contributed by atoms with Crippen LogP contribution in [0.15, 0.2) is 24.3 Å². The van der Waals surface area contributed by atoms with Crippen molar-refractivity contribution < 1.29 is 19.4 Å². The quantitative estimate of drug-likeness (QED) is 0.855. The minimum absolute atomic E-state index is 0.137. The number of rotatable bonds is 4. The fraction of sp³-hybridized carbons (Fsp3) is 0.500. The van der Waals surface area contributed by atoms with E-state index in [0.717, 1.165) is 0 Å². The van der Waals surface area contributed by atoms with Crippen LogP contribution in [0.2, 0.25) is 0 Å². The lowest BCUT2D eigenvalue weighted by molar-refractivity contribution is -0.120. The van der Waals surface area contributed by atoms with E-state index in [2.05, 4.69) is 5.32 Å². The van der Waals surface area contributed by atoms with Gasteiger partial charge in [0.05, 0.1) is 13.2 Å². The second-order valence-electron chi connectivity index (χ2n) is 4.68. The Labute approximate surface area is 112 Å². The van der Waals surface area contributed by atoms with Crippen LogP contribution in [0.4, 0.5) is 0 Å². The van der Waals surface area contributed by atoms with Gasteiger partial charge in [-0.3, -0.25) is 4.79 Å². The first-order valence-electron chi connectivity index (χ1n) is 6.36. The Balaban J connectivity index is 2.02. The van der Waals surface area contributed by atoms with Gasteiger partial charge in [0, 0.05) is 6.92 Å². The number of aliphatic hydroxyl groups is 1. The van der Waals surface area contributed by atoms with E-state index in [1.165, 1.54) is 6.92 Å². The fourth-order valence-electron chi connectivity index (χ4n) is 2.37. The SMILES string of the molecule is COc1ccccc1O[C@@H]1CC[C@@H](NC(C)=O)[C@H]1O. The summed E-state index contributed by atoms with van der Waals surface area (Å²) in [6.45, 7) is 1.45. The molecule has 3 atom stereocenters. The van der Waals surface area contributed by atoms with E-state index in [9.17, 15) is 9.90 Å². The number of methoxy groups -OCH3 is 1. The number of nitrogens with one attached hydrogen (secondary N) is 1. The Hall–Kier alpha value is -1.75. The van der Waals surface area contributed by atoms with Crippen LogP contribution in [0.25, 0.3) is 0 Å². The van der Waals surface area contributed by atoms with Crippen LogP contribution in [0.1, 0.15) is 19.8 Å². The number of hydrogen-bond donors (Lipinski definition) is 2. The van der Waals surface area contributed by atoms with Gasteiger partial charge in [-0.1, -0.05) is 12.1 Å². The van der Waals surface area contributed by atoms with Gasteiger partial charge >= 0.3 is 0 Å². The number of benzene rings is 1. The summed E-state index contributed by atoms with van der Waals surface area (Å²) in [7, 11) is 1.58. The smallest absolute Gasteiger partial charge is 0.217 e. The first-order chi connectivity index (χ1) is 9.11. The van der Waals surface area contributed by atoms with Crippen LogP contribution in [-0.2, 0) is 4.79 Å². The summed E-state index contributed by atoms with van der Waals surface area (Å²) in [5.74, 6) is 1.11. The molecular formula is C14H19NO4. The maximum atomic E-state index is 11.0. The Morgan fingerprint density at radius 1 is 1.32 bits per heavy atom. The van der Waals surface area contributed by atoms with Crippen molar-refractivity contribution in [2.45, 2.75) is 38.0 Å². The number of aliphatic hydroxyl groups excluding tert-OH is 1. The molecule has 0 heterocycles. The van der Waals surface area contributed by atoms with E-state index in [1.54, 1.807) is 13.2 Å². The van der Waals surface area contributed by atoms with E-state index in [0.29, 0.717) is 24.3 Å². The Morgan fingerprint density at radius 3 is 2.63 bits per heavy atom. The number of hydrogen-bond acceptors (Lipinski definition) is 4. The number of para-hydroxylation sites is 2. The maximum Gasteiger partial charge on any atom is 0.217 e. The van der Waals surface area contributed by atoms with Crippen LogP contribution in [-0.4, -0.2) is 36.4 Å². The molecule has 5 nitrogen and oxygen atoms in total. The number of amides is 1. The predicted molar refractivity (Wildman–Crippen MR) is 70.3 cm³/mol. The Kier molecular flexibility index (Phi) is 4.27. The van der Waals surface area contributed by atoms with Gasteiger partial charge in [-0.2, -0.15) is 0 Å². The lowest BCUT2D eigenvalue weighted by Crippen LogP contribution is -2.43. The minimum atomic E-state index is -0.700. The molecule has 0 saturated heterocycles. The van der Waals surface area contributed by atoms with Gasteiger partial charge in [0.25, 0.3) is 0 Å². The third kappa shape index (κ3) is 3.17. The first kappa shape index (κ1) is 13.7. The third-order valence-corrected chi connectivity index (χ3v) is 3.29. The fourth-order valence-corrected chi connectivity index (χ4v) is 2.37. The van der Waals surface area contributed by atoms with Gasteiger partial charge in [0.2, 0.25) is 5.91 Å². The number of carbonyl (C=O) groups excluding carboxylic acids is 1. The average molecular weight is 265 g/mol. The van der Waals surface area contributed by atoms with Crippen LogP contribution in [0.3, 0.4) is 0 Å². The second kappa shape index (κ2) is 5.93. The molecule has 5 heteroatoms. The Bertz CT molecular complexity index is 449. The zero-order valence-electron chi connectivity index (χ0n) is 11.1. The van der Waals surface area contributed by atoms with Crippen LogP contribution in [0.5, 0.6) is 11.5 Å². The number of carbonyl (C=O) groups is 1. The lowest BCUT2D eigenvalue weighted by Gasteiger charge is -2.22. The van der Waals surface area contributed by atoms with Crippen molar-refractivity contribution in [3.8, 4) is 11.5 Å². The molecule has 0 aromatic heterocycles. The summed E-state index contributed by atoms with van der Waals surface area (Å²) in [5.41, 5.74) is 0. The molecule has 1 aliphatic carbocycles. The molecule has 104 valence electrons. The van der Waals surface area contributed by atoms with Crippen molar-refractivity contribution >= 4 is 5.91 Å². The second-order valence-corrected chi connectivity index (χ2v) is 4.68.